The first-order valence-corrected chi connectivity index (χ1v) is 4.98. The van der Waals surface area contributed by atoms with Crippen molar-refractivity contribution in [3.8, 4) is 5.82 Å². The number of nitrogens with one attached hydrogen (secondary N) is 1. The zero-order valence-corrected chi connectivity index (χ0v) is 9.71. The van der Waals surface area contributed by atoms with Crippen LogP contribution in [0.2, 0.25) is 0 Å². The second-order valence-electron chi connectivity index (χ2n) is 4.10. The summed E-state index contributed by atoms with van der Waals surface area (Å²) in [6.45, 7) is 5.14. The Kier molecular flexibility index (Phi) is 2.62. The molecule has 0 atom stereocenters. The molecule has 0 aliphatic rings. The standard InChI is InChI=1S/C9H12N6O2/c1-6(16)12-9(2,3)7-4-10-14-15(7)8-5-11-17-13-8/h4-5H,1-3H3,(H,12,16). The third-order valence-corrected chi connectivity index (χ3v) is 2.24. The normalized spacial score (nSPS) is 11.5. The van der Waals surface area contributed by atoms with Crippen LogP contribution in [0.1, 0.15) is 26.5 Å². The van der Waals surface area contributed by atoms with Crippen molar-refractivity contribution in [2.75, 3.05) is 0 Å². The summed E-state index contributed by atoms with van der Waals surface area (Å²) >= 11 is 0. The van der Waals surface area contributed by atoms with E-state index in [-0.39, 0.29) is 5.91 Å². The highest BCUT2D eigenvalue weighted by Crippen LogP contribution is 2.20. The van der Waals surface area contributed by atoms with Crippen LogP contribution in [0.5, 0.6) is 0 Å². The van der Waals surface area contributed by atoms with Crippen molar-refractivity contribution in [3.63, 3.8) is 0 Å². The smallest absolute Gasteiger partial charge is 0.219 e. The highest BCUT2D eigenvalue weighted by atomic mass is 16.6. The van der Waals surface area contributed by atoms with Crippen molar-refractivity contribution < 1.29 is 9.42 Å². The van der Waals surface area contributed by atoms with Crippen LogP contribution in [-0.4, -0.2) is 31.2 Å². The minimum Gasteiger partial charge on any atom is -0.346 e. The molecule has 0 aliphatic carbocycles. The fourth-order valence-corrected chi connectivity index (χ4v) is 1.59. The predicted molar refractivity (Wildman–Crippen MR) is 56.1 cm³/mol. The maximum atomic E-state index is 11.1. The molecule has 2 rings (SSSR count). The van der Waals surface area contributed by atoms with Gasteiger partial charge >= 0.3 is 0 Å². The molecule has 17 heavy (non-hydrogen) atoms. The monoisotopic (exact) mass is 236 g/mol. The second kappa shape index (κ2) is 3.96. The Morgan fingerprint density at radius 3 is 2.82 bits per heavy atom. The maximum absolute atomic E-state index is 11.1. The van der Waals surface area contributed by atoms with E-state index in [1.54, 1.807) is 6.20 Å². The van der Waals surface area contributed by atoms with Crippen LogP contribution in [0.4, 0.5) is 0 Å². The van der Waals surface area contributed by atoms with E-state index in [1.165, 1.54) is 17.8 Å². The lowest BCUT2D eigenvalue weighted by atomic mass is 10.0. The van der Waals surface area contributed by atoms with Gasteiger partial charge in [0.05, 0.1) is 17.4 Å². The van der Waals surface area contributed by atoms with Gasteiger partial charge in [0.25, 0.3) is 0 Å². The van der Waals surface area contributed by atoms with Gasteiger partial charge in [0.2, 0.25) is 11.7 Å². The summed E-state index contributed by atoms with van der Waals surface area (Å²) in [7, 11) is 0. The summed E-state index contributed by atoms with van der Waals surface area (Å²) < 4.78 is 5.98. The third kappa shape index (κ3) is 2.14. The zero-order chi connectivity index (χ0) is 12.5. The summed E-state index contributed by atoms with van der Waals surface area (Å²) in [4.78, 5) is 11.1. The lowest BCUT2D eigenvalue weighted by Gasteiger charge is -2.24. The molecule has 0 aromatic carbocycles. The van der Waals surface area contributed by atoms with Gasteiger partial charge in [-0.1, -0.05) is 10.4 Å². The average molecular weight is 236 g/mol. The largest absolute Gasteiger partial charge is 0.346 e. The van der Waals surface area contributed by atoms with Gasteiger partial charge in [-0.05, 0) is 19.0 Å². The number of amides is 1. The van der Waals surface area contributed by atoms with E-state index in [9.17, 15) is 4.79 Å². The van der Waals surface area contributed by atoms with Crippen molar-refractivity contribution >= 4 is 5.91 Å². The Bertz CT molecular complexity index is 515. The molecule has 0 saturated heterocycles. The molecule has 8 nitrogen and oxygen atoms in total. The van der Waals surface area contributed by atoms with Crippen molar-refractivity contribution in [2.45, 2.75) is 26.3 Å². The van der Waals surface area contributed by atoms with E-state index in [4.69, 9.17) is 0 Å². The van der Waals surface area contributed by atoms with Crippen LogP contribution in [0.3, 0.4) is 0 Å². The Morgan fingerprint density at radius 2 is 2.24 bits per heavy atom. The fourth-order valence-electron chi connectivity index (χ4n) is 1.59. The molecule has 0 fully saturated rings. The van der Waals surface area contributed by atoms with Gasteiger partial charge in [0, 0.05) is 6.92 Å². The molecule has 0 aliphatic heterocycles. The Balaban J connectivity index is 2.40. The molecule has 2 heterocycles. The number of rotatable bonds is 3. The summed E-state index contributed by atoms with van der Waals surface area (Å²) in [5.74, 6) is 0.275. The maximum Gasteiger partial charge on any atom is 0.219 e. The molecule has 2 aromatic heterocycles. The van der Waals surface area contributed by atoms with Crippen LogP contribution in [0.15, 0.2) is 17.0 Å². The van der Waals surface area contributed by atoms with Gasteiger partial charge < -0.3 is 5.32 Å². The zero-order valence-electron chi connectivity index (χ0n) is 9.71. The van der Waals surface area contributed by atoms with Gasteiger partial charge in [-0.25, -0.2) is 4.63 Å². The molecule has 1 amide bonds. The minimum absolute atomic E-state index is 0.138. The van der Waals surface area contributed by atoms with E-state index in [0.717, 1.165) is 0 Å². The Hall–Kier alpha value is -2.25. The molecule has 0 bridgehead atoms. The molecule has 0 saturated carbocycles. The predicted octanol–water partition coefficient (Wildman–Crippen LogP) is 0.0215. The van der Waals surface area contributed by atoms with Gasteiger partial charge in [0.1, 0.15) is 6.20 Å². The topological polar surface area (TPSA) is 98.7 Å². The van der Waals surface area contributed by atoms with Gasteiger partial charge in [-0.3, -0.25) is 4.79 Å². The third-order valence-electron chi connectivity index (χ3n) is 2.24. The molecule has 0 unspecified atom stereocenters. The first kappa shape index (κ1) is 11.2. The molecule has 0 radical (unpaired) electrons. The first-order valence-electron chi connectivity index (χ1n) is 4.98. The number of hydrogen-bond acceptors (Lipinski definition) is 6. The highest BCUT2D eigenvalue weighted by Gasteiger charge is 2.27. The fraction of sp³-hybridized carbons (Fsp3) is 0.444. The summed E-state index contributed by atoms with van der Waals surface area (Å²) in [5.41, 5.74) is 0.0669. The quantitative estimate of drug-likeness (QED) is 0.806. The molecule has 1 N–H and O–H groups in total. The second-order valence-corrected chi connectivity index (χ2v) is 4.10. The minimum atomic E-state index is -0.617. The van der Waals surface area contributed by atoms with Crippen LogP contribution in [0.25, 0.3) is 5.82 Å². The van der Waals surface area contributed by atoms with Gasteiger partial charge in [-0.15, -0.1) is 5.10 Å². The van der Waals surface area contributed by atoms with Crippen molar-refractivity contribution in [1.29, 1.82) is 0 Å². The van der Waals surface area contributed by atoms with Gasteiger partial charge in [-0.2, -0.15) is 4.68 Å². The molecule has 8 heteroatoms. The summed E-state index contributed by atoms with van der Waals surface area (Å²) in [6.07, 6.45) is 2.98. The van der Waals surface area contributed by atoms with Crippen LogP contribution < -0.4 is 5.32 Å². The van der Waals surface area contributed by atoms with Crippen LogP contribution in [-0.2, 0) is 10.3 Å². The lowest BCUT2D eigenvalue weighted by Crippen LogP contribution is -2.41. The summed E-state index contributed by atoms with van der Waals surface area (Å²) in [5, 5.41) is 17.7. The Labute approximate surface area is 97.0 Å². The van der Waals surface area contributed by atoms with Crippen molar-refractivity contribution in [1.82, 2.24) is 30.6 Å². The summed E-state index contributed by atoms with van der Waals surface area (Å²) in [6, 6.07) is 0. The van der Waals surface area contributed by atoms with E-state index in [1.807, 2.05) is 13.8 Å². The number of carbonyl (C=O) groups excluding carboxylic acids is 1. The first-order chi connectivity index (χ1) is 8.00. The number of carbonyl (C=O) groups is 1. The molecule has 90 valence electrons. The van der Waals surface area contributed by atoms with Crippen molar-refractivity contribution in [2.24, 2.45) is 0 Å². The molecular formula is C9H12N6O2. The highest BCUT2D eigenvalue weighted by molar-refractivity contribution is 5.73. The van der Waals surface area contributed by atoms with E-state index in [2.05, 4.69) is 30.6 Å². The molecular weight excluding hydrogens is 224 g/mol. The van der Waals surface area contributed by atoms with E-state index >= 15 is 0 Å². The number of nitrogens with zero attached hydrogens (tertiary/aromatic N) is 5. The lowest BCUT2D eigenvalue weighted by molar-refractivity contribution is -0.120. The van der Waals surface area contributed by atoms with Crippen LogP contribution in [0, 0.1) is 0 Å². The number of hydrogen-bond donors (Lipinski definition) is 1. The average Bonchev–Trinajstić information content (AvgIpc) is 2.86. The van der Waals surface area contributed by atoms with Crippen molar-refractivity contribution in [3.05, 3.63) is 18.1 Å². The Morgan fingerprint density at radius 1 is 1.47 bits per heavy atom. The van der Waals surface area contributed by atoms with E-state index < -0.39 is 5.54 Å². The SMILES string of the molecule is CC(=O)NC(C)(C)c1cnnn1-c1cnon1. The van der Waals surface area contributed by atoms with Gasteiger partial charge in [0.15, 0.2) is 0 Å². The molecule has 0 spiro atoms. The van der Waals surface area contributed by atoms with E-state index in [0.29, 0.717) is 11.5 Å². The number of aromatic nitrogens is 5. The van der Waals surface area contributed by atoms with Crippen LogP contribution >= 0.6 is 0 Å². The molecule has 2 aromatic rings.